The van der Waals surface area contributed by atoms with Crippen LogP contribution < -0.4 is 5.73 Å². The molecule has 0 saturated carbocycles. The van der Waals surface area contributed by atoms with Gasteiger partial charge in [-0.15, -0.1) is 11.3 Å². The third-order valence-electron chi connectivity index (χ3n) is 1.05. The maximum atomic E-state index is 8.99. The summed E-state index contributed by atoms with van der Waals surface area (Å²) in [6.07, 6.45) is 0. The van der Waals surface area contributed by atoms with Gasteiger partial charge in [0.05, 0.1) is 10.6 Å². The second kappa shape index (κ2) is 2.30. The first-order valence-electron chi connectivity index (χ1n) is 2.72. The van der Waals surface area contributed by atoms with E-state index in [4.69, 9.17) is 10.8 Å². The molecule has 0 fully saturated rings. The standard InChI is InChI=1S/C6H8N2OS/c1-3(7)6-8-5(9)4(2)10-6/h9H,1,7H2,2H3. The first-order valence-corrected chi connectivity index (χ1v) is 3.54. The van der Waals surface area contributed by atoms with E-state index < -0.39 is 0 Å². The molecule has 0 amide bonds. The van der Waals surface area contributed by atoms with Crippen LogP contribution >= 0.6 is 11.3 Å². The minimum atomic E-state index is 0.0478. The second-order valence-electron chi connectivity index (χ2n) is 1.92. The summed E-state index contributed by atoms with van der Waals surface area (Å²) in [6, 6.07) is 0. The summed E-state index contributed by atoms with van der Waals surface area (Å²) in [5, 5.41) is 9.58. The fourth-order valence-corrected chi connectivity index (χ4v) is 1.22. The summed E-state index contributed by atoms with van der Waals surface area (Å²) in [5.41, 5.74) is 5.73. The Morgan fingerprint density at radius 1 is 1.80 bits per heavy atom. The topological polar surface area (TPSA) is 59.1 Å². The molecule has 0 aliphatic carbocycles. The van der Waals surface area contributed by atoms with Crippen LogP contribution in [-0.4, -0.2) is 10.1 Å². The van der Waals surface area contributed by atoms with Gasteiger partial charge in [-0.25, -0.2) is 4.98 Å². The lowest BCUT2D eigenvalue weighted by Gasteiger charge is -1.86. The lowest BCUT2D eigenvalue weighted by atomic mass is 10.5. The van der Waals surface area contributed by atoms with Crippen molar-refractivity contribution in [3.8, 4) is 5.88 Å². The molecule has 1 rings (SSSR count). The van der Waals surface area contributed by atoms with E-state index in [1.165, 1.54) is 11.3 Å². The van der Waals surface area contributed by atoms with Crippen molar-refractivity contribution >= 4 is 17.0 Å². The van der Waals surface area contributed by atoms with Crippen LogP contribution in [0, 0.1) is 6.92 Å². The van der Waals surface area contributed by atoms with Gasteiger partial charge in [-0.3, -0.25) is 0 Å². The van der Waals surface area contributed by atoms with Crippen molar-refractivity contribution in [1.82, 2.24) is 4.98 Å². The molecule has 4 heteroatoms. The van der Waals surface area contributed by atoms with Crippen LogP contribution in [0.25, 0.3) is 5.70 Å². The zero-order valence-electron chi connectivity index (χ0n) is 5.59. The van der Waals surface area contributed by atoms with Crippen molar-refractivity contribution in [1.29, 1.82) is 0 Å². The molecule has 3 N–H and O–H groups in total. The number of thiazole rings is 1. The number of hydrogen-bond donors (Lipinski definition) is 2. The van der Waals surface area contributed by atoms with E-state index in [1.54, 1.807) is 6.92 Å². The Kier molecular flexibility index (Phi) is 1.63. The molecule has 1 aromatic heterocycles. The molecule has 0 aliphatic rings. The quantitative estimate of drug-likeness (QED) is 0.639. The van der Waals surface area contributed by atoms with E-state index in [-0.39, 0.29) is 5.88 Å². The first-order chi connectivity index (χ1) is 4.61. The third kappa shape index (κ3) is 1.11. The average Bonchev–Trinajstić information content (AvgIpc) is 2.13. The Morgan fingerprint density at radius 2 is 2.40 bits per heavy atom. The highest BCUT2D eigenvalue weighted by molar-refractivity contribution is 7.12. The van der Waals surface area contributed by atoms with Crippen LogP contribution in [0.4, 0.5) is 0 Å². The molecule has 3 nitrogen and oxygen atoms in total. The van der Waals surface area contributed by atoms with Gasteiger partial charge in [0, 0.05) is 0 Å². The molecule has 0 bridgehead atoms. The lowest BCUT2D eigenvalue weighted by molar-refractivity contribution is 0.453. The van der Waals surface area contributed by atoms with E-state index in [0.717, 1.165) is 4.88 Å². The van der Waals surface area contributed by atoms with Crippen LogP contribution in [0.5, 0.6) is 5.88 Å². The molecule has 54 valence electrons. The smallest absolute Gasteiger partial charge is 0.225 e. The monoisotopic (exact) mass is 156 g/mol. The summed E-state index contributed by atoms with van der Waals surface area (Å²) in [5.74, 6) is 0.0478. The molecular weight excluding hydrogens is 148 g/mol. The maximum absolute atomic E-state index is 8.99. The third-order valence-corrected chi connectivity index (χ3v) is 2.08. The second-order valence-corrected chi connectivity index (χ2v) is 3.13. The first kappa shape index (κ1) is 7.08. The summed E-state index contributed by atoms with van der Waals surface area (Å²) >= 11 is 1.34. The molecule has 0 spiro atoms. The van der Waals surface area contributed by atoms with Crippen molar-refractivity contribution in [3.63, 3.8) is 0 Å². The van der Waals surface area contributed by atoms with Gasteiger partial charge in [0.25, 0.3) is 0 Å². The van der Waals surface area contributed by atoms with Crippen LogP contribution in [0.2, 0.25) is 0 Å². The predicted molar refractivity (Wildman–Crippen MR) is 41.7 cm³/mol. The van der Waals surface area contributed by atoms with Crippen molar-refractivity contribution < 1.29 is 5.11 Å². The normalized spacial score (nSPS) is 9.70. The fourth-order valence-electron chi connectivity index (χ4n) is 0.526. The number of rotatable bonds is 1. The number of hydrogen-bond acceptors (Lipinski definition) is 4. The number of nitrogens with zero attached hydrogens (tertiary/aromatic N) is 1. The molecule has 0 aliphatic heterocycles. The maximum Gasteiger partial charge on any atom is 0.225 e. The Balaban J connectivity index is 3.10. The SMILES string of the molecule is C=C(N)c1nc(O)c(C)s1. The van der Waals surface area contributed by atoms with E-state index in [2.05, 4.69) is 11.6 Å². The van der Waals surface area contributed by atoms with Gasteiger partial charge in [0.1, 0.15) is 5.01 Å². The van der Waals surface area contributed by atoms with Crippen LogP contribution in [-0.2, 0) is 0 Å². The van der Waals surface area contributed by atoms with E-state index in [1.807, 2.05) is 0 Å². The minimum absolute atomic E-state index is 0.0478. The van der Waals surface area contributed by atoms with Crippen molar-refractivity contribution in [2.24, 2.45) is 5.73 Å². The molecular formula is C6H8N2OS. The van der Waals surface area contributed by atoms with E-state index in [9.17, 15) is 0 Å². The number of aryl methyl sites for hydroxylation is 1. The van der Waals surface area contributed by atoms with Crippen LogP contribution in [0.1, 0.15) is 9.88 Å². The Labute approximate surface area is 62.8 Å². The highest BCUT2D eigenvalue weighted by Gasteiger charge is 2.05. The summed E-state index contributed by atoms with van der Waals surface area (Å²) in [6.45, 7) is 5.27. The number of nitrogens with two attached hydrogens (primary N) is 1. The Bertz CT molecular complexity index is 247. The number of aromatic hydroxyl groups is 1. The predicted octanol–water partition coefficient (Wildman–Crippen LogP) is 1.09. The Hall–Kier alpha value is -1.03. The highest BCUT2D eigenvalue weighted by atomic mass is 32.1. The largest absolute Gasteiger partial charge is 0.492 e. The highest BCUT2D eigenvalue weighted by Crippen LogP contribution is 2.24. The zero-order valence-corrected chi connectivity index (χ0v) is 6.40. The van der Waals surface area contributed by atoms with Gasteiger partial charge in [-0.05, 0) is 6.92 Å². The molecule has 10 heavy (non-hydrogen) atoms. The van der Waals surface area contributed by atoms with E-state index in [0.29, 0.717) is 10.7 Å². The zero-order chi connectivity index (χ0) is 7.72. The summed E-state index contributed by atoms with van der Waals surface area (Å²) < 4.78 is 0. The average molecular weight is 156 g/mol. The lowest BCUT2D eigenvalue weighted by Crippen LogP contribution is -1.91. The van der Waals surface area contributed by atoms with Crippen molar-refractivity contribution in [3.05, 3.63) is 16.5 Å². The van der Waals surface area contributed by atoms with Crippen LogP contribution in [0.15, 0.2) is 6.58 Å². The van der Waals surface area contributed by atoms with Crippen molar-refractivity contribution in [2.45, 2.75) is 6.92 Å². The molecule has 0 saturated heterocycles. The summed E-state index contributed by atoms with van der Waals surface area (Å²) in [4.78, 5) is 4.52. The molecule has 0 atom stereocenters. The molecule has 1 aromatic rings. The molecule has 1 heterocycles. The Morgan fingerprint density at radius 3 is 2.60 bits per heavy atom. The van der Waals surface area contributed by atoms with Crippen LogP contribution in [0.3, 0.4) is 0 Å². The number of aromatic nitrogens is 1. The van der Waals surface area contributed by atoms with Gasteiger partial charge in [-0.2, -0.15) is 0 Å². The van der Waals surface area contributed by atoms with Gasteiger partial charge in [0.15, 0.2) is 0 Å². The molecule has 0 unspecified atom stereocenters. The van der Waals surface area contributed by atoms with Gasteiger partial charge in [0.2, 0.25) is 5.88 Å². The fraction of sp³-hybridized carbons (Fsp3) is 0.167. The minimum Gasteiger partial charge on any atom is -0.492 e. The van der Waals surface area contributed by atoms with Gasteiger partial charge < -0.3 is 10.8 Å². The van der Waals surface area contributed by atoms with E-state index >= 15 is 0 Å². The molecule has 0 radical (unpaired) electrons. The summed E-state index contributed by atoms with van der Waals surface area (Å²) in [7, 11) is 0. The van der Waals surface area contributed by atoms with Crippen molar-refractivity contribution in [2.75, 3.05) is 0 Å². The van der Waals surface area contributed by atoms with Gasteiger partial charge >= 0.3 is 0 Å². The van der Waals surface area contributed by atoms with Gasteiger partial charge in [-0.1, -0.05) is 6.58 Å². The molecule has 0 aromatic carbocycles.